The van der Waals surface area contributed by atoms with E-state index in [4.69, 9.17) is 10.5 Å². The third kappa shape index (κ3) is 1.56. The van der Waals surface area contributed by atoms with Crippen molar-refractivity contribution in [3.8, 4) is 12.1 Å². The summed E-state index contributed by atoms with van der Waals surface area (Å²) in [5.74, 6) is 0. The summed E-state index contributed by atoms with van der Waals surface area (Å²) < 4.78 is 0. The lowest BCUT2D eigenvalue weighted by Crippen LogP contribution is -1.86. The van der Waals surface area contributed by atoms with Gasteiger partial charge in [-0.3, -0.25) is 0 Å². The van der Waals surface area contributed by atoms with Crippen LogP contribution in [0.5, 0.6) is 0 Å². The minimum atomic E-state index is 0.309. The molecule has 1 rings (SSSR count). The predicted octanol–water partition coefficient (Wildman–Crippen LogP) is 1.62. The van der Waals surface area contributed by atoms with Gasteiger partial charge < -0.3 is 0 Å². The molecule has 0 unspecified atom stereocenters. The third-order valence-corrected chi connectivity index (χ3v) is 1.41. The number of hydrogen-bond donors (Lipinski definition) is 0. The zero-order valence-corrected chi connectivity index (χ0v) is 5.91. The summed E-state index contributed by atoms with van der Waals surface area (Å²) >= 11 is 0. The van der Waals surface area contributed by atoms with Gasteiger partial charge in [-0.15, -0.1) is 0 Å². The Morgan fingerprint density at radius 2 is 1.91 bits per heavy atom. The van der Waals surface area contributed by atoms with Crippen molar-refractivity contribution in [3.63, 3.8) is 0 Å². The molecule has 11 heavy (non-hydrogen) atoms. The molecule has 2 heteroatoms. The van der Waals surface area contributed by atoms with Gasteiger partial charge in [-0.1, -0.05) is 18.2 Å². The first-order valence-corrected chi connectivity index (χ1v) is 3.23. The topological polar surface area (TPSA) is 47.6 Å². The van der Waals surface area contributed by atoms with E-state index < -0.39 is 0 Å². The molecule has 0 N–H and O–H groups in total. The summed E-state index contributed by atoms with van der Waals surface area (Å²) in [6.07, 6.45) is 0.309. The minimum Gasteiger partial charge on any atom is -0.198 e. The highest BCUT2D eigenvalue weighted by atomic mass is 14.3. The van der Waals surface area contributed by atoms with Gasteiger partial charge >= 0.3 is 0 Å². The van der Waals surface area contributed by atoms with Crippen LogP contribution in [0.1, 0.15) is 11.1 Å². The maximum Gasteiger partial charge on any atom is 0.0994 e. The van der Waals surface area contributed by atoms with Crippen molar-refractivity contribution >= 4 is 0 Å². The Bertz CT molecular complexity index is 328. The first-order chi connectivity index (χ1) is 5.38. The SMILES string of the molecule is N#CCc1ccccc1C#N. The van der Waals surface area contributed by atoms with E-state index in [1.807, 2.05) is 18.2 Å². The first-order valence-electron chi connectivity index (χ1n) is 3.23. The van der Waals surface area contributed by atoms with E-state index in [2.05, 4.69) is 0 Å². The van der Waals surface area contributed by atoms with E-state index >= 15 is 0 Å². The average Bonchev–Trinajstić information content (AvgIpc) is 2.06. The molecule has 52 valence electrons. The second-order valence-corrected chi connectivity index (χ2v) is 2.10. The van der Waals surface area contributed by atoms with Crippen molar-refractivity contribution in [1.82, 2.24) is 0 Å². The van der Waals surface area contributed by atoms with Crippen LogP contribution in [0.4, 0.5) is 0 Å². The molecule has 1 aromatic carbocycles. The number of hydrogen-bond acceptors (Lipinski definition) is 2. The van der Waals surface area contributed by atoms with Gasteiger partial charge in [-0.25, -0.2) is 0 Å². The summed E-state index contributed by atoms with van der Waals surface area (Å²) in [5, 5.41) is 17.0. The van der Waals surface area contributed by atoms with Gasteiger partial charge in [0.2, 0.25) is 0 Å². The Morgan fingerprint density at radius 3 is 2.55 bits per heavy atom. The molecule has 0 aromatic heterocycles. The summed E-state index contributed by atoms with van der Waals surface area (Å²) in [6, 6.07) is 11.2. The Morgan fingerprint density at radius 1 is 1.18 bits per heavy atom. The van der Waals surface area contributed by atoms with Gasteiger partial charge in [-0.05, 0) is 11.6 Å². The molecule has 0 saturated heterocycles. The number of rotatable bonds is 1. The second kappa shape index (κ2) is 3.39. The van der Waals surface area contributed by atoms with E-state index in [1.165, 1.54) is 0 Å². The monoisotopic (exact) mass is 142 g/mol. The fourth-order valence-electron chi connectivity index (χ4n) is 0.869. The molecule has 0 aliphatic rings. The summed E-state index contributed by atoms with van der Waals surface area (Å²) in [6.45, 7) is 0. The van der Waals surface area contributed by atoms with Crippen molar-refractivity contribution in [2.75, 3.05) is 0 Å². The first kappa shape index (κ1) is 7.31. The molecule has 0 atom stereocenters. The lowest BCUT2D eigenvalue weighted by atomic mass is 10.1. The van der Waals surface area contributed by atoms with E-state index in [9.17, 15) is 0 Å². The predicted molar refractivity (Wildman–Crippen MR) is 40.5 cm³/mol. The Hall–Kier alpha value is -1.80. The largest absolute Gasteiger partial charge is 0.198 e. The fourth-order valence-corrected chi connectivity index (χ4v) is 0.869. The van der Waals surface area contributed by atoms with Crippen molar-refractivity contribution in [2.24, 2.45) is 0 Å². The maximum absolute atomic E-state index is 8.59. The highest BCUT2D eigenvalue weighted by Crippen LogP contribution is 2.06. The molecule has 0 fully saturated rings. The Kier molecular flexibility index (Phi) is 2.25. The lowest BCUT2D eigenvalue weighted by molar-refractivity contribution is 1.24. The molecular weight excluding hydrogens is 136 g/mol. The molecule has 0 spiro atoms. The molecule has 0 radical (unpaired) electrons. The zero-order chi connectivity index (χ0) is 8.10. The highest BCUT2D eigenvalue weighted by molar-refractivity contribution is 5.38. The summed E-state index contributed by atoms with van der Waals surface area (Å²) in [7, 11) is 0. The minimum absolute atomic E-state index is 0.309. The third-order valence-electron chi connectivity index (χ3n) is 1.41. The van der Waals surface area contributed by atoms with Crippen LogP contribution in [0.25, 0.3) is 0 Å². The van der Waals surface area contributed by atoms with Crippen LogP contribution >= 0.6 is 0 Å². The van der Waals surface area contributed by atoms with Crippen LogP contribution in [0.15, 0.2) is 24.3 Å². The van der Waals surface area contributed by atoms with E-state index in [0.29, 0.717) is 12.0 Å². The normalized spacial score (nSPS) is 8.18. The quantitative estimate of drug-likeness (QED) is 0.598. The van der Waals surface area contributed by atoms with E-state index in [1.54, 1.807) is 18.2 Å². The summed E-state index contributed by atoms with van der Waals surface area (Å²) in [5.41, 5.74) is 1.39. The lowest BCUT2D eigenvalue weighted by Gasteiger charge is -1.94. The molecule has 2 nitrogen and oxygen atoms in total. The van der Waals surface area contributed by atoms with Gasteiger partial charge in [-0.2, -0.15) is 10.5 Å². The van der Waals surface area contributed by atoms with Crippen LogP contribution in [0.2, 0.25) is 0 Å². The molecule has 0 aliphatic heterocycles. The molecule has 0 amide bonds. The average molecular weight is 142 g/mol. The van der Waals surface area contributed by atoms with Crippen molar-refractivity contribution < 1.29 is 0 Å². The van der Waals surface area contributed by atoms with Crippen LogP contribution < -0.4 is 0 Å². The Labute approximate surface area is 65.3 Å². The number of nitriles is 2. The van der Waals surface area contributed by atoms with E-state index in [-0.39, 0.29) is 0 Å². The number of nitrogens with zero attached hydrogens (tertiary/aromatic N) is 2. The molecule has 0 aliphatic carbocycles. The van der Waals surface area contributed by atoms with Crippen molar-refractivity contribution in [3.05, 3.63) is 35.4 Å². The maximum atomic E-state index is 8.59. The Balaban J connectivity index is 3.07. The van der Waals surface area contributed by atoms with Crippen LogP contribution in [-0.4, -0.2) is 0 Å². The molecular formula is C9H6N2. The van der Waals surface area contributed by atoms with Crippen molar-refractivity contribution in [1.29, 1.82) is 10.5 Å². The van der Waals surface area contributed by atoms with Crippen LogP contribution in [0, 0.1) is 22.7 Å². The van der Waals surface area contributed by atoms with Crippen molar-refractivity contribution in [2.45, 2.75) is 6.42 Å². The molecule has 0 saturated carbocycles. The second-order valence-electron chi connectivity index (χ2n) is 2.10. The van der Waals surface area contributed by atoms with Gasteiger partial charge in [0.15, 0.2) is 0 Å². The van der Waals surface area contributed by atoms with Gasteiger partial charge in [0.1, 0.15) is 0 Å². The standard InChI is InChI=1S/C9H6N2/c10-6-5-8-3-1-2-4-9(8)7-11/h1-4H,5H2. The number of benzene rings is 1. The summed E-state index contributed by atoms with van der Waals surface area (Å²) in [4.78, 5) is 0. The highest BCUT2D eigenvalue weighted by Gasteiger charge is 1.97. The van der Waals surface area contributed by atoms with Gasteiger partial charge in [0, 0.05) is 0 Å². The van der Waals surface area contributed by atoms with Gasteiger partial charge in [0.25, 0.3) is 0 Å². The van der Waals surface area contributed by atoms with Crippen LogP contribution in [0.3, 0.4) is 0 Å². The smallest absolute Gasteiger partial charge is 0.0994 e. The van der Waals surface area contributed by atoms with Crippen LogP contribution in [-0.2, 0) is 6.42 Å². The zero-order valence-electron chi connectivity index (χ0n) is 5.91. The van der Waals surface area contributed by atoms with E-state index in [0.717, 1.165) is 5.56 Å². The fraction of sp³-hybridized carbons (Fsp3) is 0.111. The molecule has 0 heterocycles. The molecule has 1 aromatic rings. The molecule has 0 bridgehead atoms. The van der Waals surface area contributed by atoms with Gasteiger partial charge in [0.05, 0.1) is 24.1 Å².